The Morgan fingerprint density at radius 3 is 1.75 bits per heavy atom. The van der Waals surface area contributed by atoms with Crippen molar-refractivity contribution in [2.24, 2.45) is 0 Å². The van der Waals surface area contributed by atoms with Crippen LogP contribution in [0.4, 0.5) is 11.4 Å². The van der Waals surface area contributed by atoms with Gasteiger partial charge in [0, 0.05) is 39.4 Å². The summed E-state index contributed by atoms with van der Waals surface area (Å²) in [6.07, 6.45) is 4.89. The van der Waals surface area contributed by atoms with Gasteiger partial charge in [0.1, 0.15) is 0 Å². The zero-order valence-corrected chi connectivity index (χ0v) is 32.4. The summed E-state index contributed by atoms with van der Waals surface area (Å²) < 4.78 is 0. The summed E-state index contributed by atoms with van der Waals surface area (Å²) in [4.78, 5) is 2.63. The van der Waals surface area contributed by atoms with Gasteiger partial charge >= 0.3 is 0 Å². The van der Waals surface area contributed by atoms with Crippen LogP contribution in [0.25, 0.3) is 65.7 Å². The van der Waals surface area contributed by atoms with Gasteiger partial charge in [0.05, 0.1) is 5.69 Å². The molecule has 0 N–H and O–H groups in total. The smallest absolute Gasteiger partial charge is 0.0573 e. The summed E-state index contributed by atoms with van der Waals surface area (Å²) >= 11 is 0. The van der Waals surface area contributed by atoms with E-state index >= 15 is 0 Å². The van der Waals surface area contributed by atoms with Crippen LogP contribution in [-0.4, -0.2) is 6.54 Å². The Morgan fingerprint density at radius 2 is 1.04 bits per heavy atom. The van der Waals surface area contributed by atoms with Crippen LogP contribution in [0.2, 0.25) is 0 Å². The number of allylic oxidation sites excluding steroid dienone is 4. The molecule has 0 aromatic heterocycles. The van der Waals surface area contributed by atoms with Gasteiger partial charge in [-0.25, -0.2) is 0 Å². The summed E-state index contributed by atoms with van der Waals surface area (Å²) in [5.41, 5.74) is 17.6. The molecule has 3 aliphatic rings. The van der Waals surface area contributed by atoms with E-state index in [2.05, 4.69) is 196 Å². The number of benzene rings is 8. The van der Waals surface area contributed by atoms with Gasteiger partial charge < -0.3 is 4.90 Å². The standard InChI is InChI=1S/C55H43N/c1-34-31-45-37-20-12-14-27-47(37)54(2,3)49(45)29-30-56(51-33-50-46(32-44(34)51)38-21-13-15-28-48(38)55(50,4)5)53-42-24-10-8-22-40(42)52(41-23-9-11-25-43(41)53)39-26-16-18-35-17-6-7-19-36(35)39/h6-29,31-33H,1,30H2,2-5H3/b45-31?,49-29+. The molecule has 1 heteroatoms. The van der Waals surface area contributed by atoms with E-state index in [0.29, 0.717) is 6.54 Å². The van der Waals surface area contributed by atoms with E-state index in [0.717, 1.165) is 5.57 Å². The molecule has 1 nitrogen and oxygen atoms in total. The Kier molecular flexibility index (Phi) is 6.93. The van der Waals surface area contributed by atoms with Gasteiger partial charge in [0.25, 0.3) is 0 Å². The van der Waals surface area contributed by atoms with Crippen molar-refractivity contribution in [3.05, 3.63) is 204 Å². The Balaban J connectivity index is 1.26. The quantitative estimate of drug-likeness (QED) is 0.161. The van der Waals surface area contributed by atoms with Gasteiger partial charge in [-0.2, -0.15) is 0 Å². The maximum atomic E-state index is 4.90. The fourth-order valence-electron chi connectivity index (χ4n) is 10.5. The van der Waals surface area contributed by atoms with E-state index in [9.17, 15) is 0 Å². The van der Waals surface area contributed by atoms with Gasteiger partial charge in [-0.3, -0.25) is 0 Å². The van der Waals surface area contributed by atoms with E-state index in [1.165, 1.54) is 105 Å². The first kappa shape index (κ1) is 32.9. The lowest BCUT2D eigenvalue weighted by Crippen LogP contribution is -2.23. The third-order valence-corrected chi connectivity index (χ3v) is 13.2. The largest absolute Gasteiger partial charge is 0.336 e. The molecule has 0 bridgehead atoms. The van der Waals surface area contributed by atoms with Crippen LogP contribution in [0.5, 0.6) is 0 Å². The van der Waals surface area contributed by atoms with Crippen LogP contribution in [0.15, 0.2) is 176 Å². The minimum atomic E-state index is -0.157. The molecule has 56 heavy (non-hydrogen) atoms. The van der Waals surface area contributed by atoms with Gasteiger partial charge in [-0.1, -0.05) is 180 Å². The monoisotopic (exact) mass is 717 g/mol. The van der Waals surface area contributed by atoms with E-state index in [1.54, 1.807) is 0 Å². The summed E-state index contributed by atoms with van der Waals surface area (Å²) in [6.45, 7) is 15.1. The first-order valence-corrected chi connectivity index (χ1v) is 19.9. The van der Waals surface area contributed by atoms with E-state index in [1.807, 2.05) is 0 Å². The Morgan fingerprint density at radius 1 is 0.482 bits per heavy atom. The summed E-state index contributed by atoms with van der Waals surface area (Å²) in [6, 6.07) is 56.6. The molecular formula is C55H43N. The van der Waals surface area contributed by atoms with Gasteiger partial charge in [-0.15, -0.1) is 0 Å². The second kappa shape index (κ2) is 11.8. The molecule has 2 aliphatic carbocycles. The van der Waals surface area contributed by atoms with Crippen LogP contribution in [0, 0.1) is 0 Å². The molecule has 8 aromatic carbocycles. The summed E-state index contributed by atoms with van der Waals surface area (Å²) in [5.74, 6) is 0. The first-order chi connectivity index (χ1) is 27.2. The summed E-state index contributed by atoms with van der Waals surface area (Å²) in [5, 5.41) is 7.52. The van der Waals surface area contributed by atoms with Crippen LogP contribution in [0.3, 0.4) is 0 Å². The van der Waals surface area contributed by atoms with Crippen molar-refractivity contribution >= 4 is 54.8 Å². The average molecular weight is 718 g/mol. The topological polar surface area (TPSA) is 3.24 Å². The van der Waals surface area contributed by atoms with Crippen molar-refractivity contribution in [3.63, 3.8) is 0 Å². The molecule has 0 atom stereocenters. The summed E-state index contributed by atoms with van der Waals surface area (Å²) in [7, 11) is 0. The van der Waals surface area contributed by atoms with Gasteiger partial charge in [0.2, 0.25) is 0 Å². The number of nitrogens with zero attached hydrogens (tertiary/aromatic N) is 1. The Bertz CT molecular complexity index is 3010. The average Bonchev–Trinajstić information content (AvgIpc) is 3.60. The molecule has 11 rings (SSSR count). The highest BCUT2D eigenvalue weighted by Crippen LogP contribution is 2.56. The third kappa shape index (κ3) is 4.49. The van der Waals surface area contributed by atoms with Crippen molar-refractivity contribution in [2.75, 3.05) is 11.4 Å². The van der Waals surface area contributed by atoms with Crippen LogP contribution < -0.4 is 4.90 Å². The lowest BCUT2D eigenvalue weighted by atomic mass is 9.81. The minimum absolute atomic E-state index is 0.150. The molecule has 1 aliphatic heterocycles. The molecule has 0 saturated carbocycles. The molecule has 0 saturated heterocycles. The molecule has 0 fully saturated rings. The van der Waals surface area contributed by atoms with Crippen LogP contribution >= 0.6 is 0 Å². The van der Waals surface area contributed by atoms with Gasteiger partial charge in [-0.05, 0) is 101 Å². The molecule has 1 heterocycles. The minimum Gasteiger partial charge on any atom is -0.336 e. The van der Waals surface area contributed by atoms with Crippen LogP contribution in [-0.2, 0) is 10.8 Å². The van der Waals surface area contributed by atoms with E-state index in [-0.39, 0.29) is 10.8 Å². The lowest BCUT2D eigenvalue weighted by Gasteiger charge is -2.32. The molecule has 0 unspecified atom stereocenters. The van der Waals surface area contributed by atoms with E-state index < -0.39 is 0 Å². The van der Waals surface area contributed by atoms with E-state index in [4.69, 9.17) is 6.58 Å². The first-order valence-electron chi connectivity index (χ1n) is 19.9. The molecule has 0 spiro atoms. The predicted octanol–water partition coefficient (Wildman–Crippen LogP) is 14.6. The second-order valence-corrected chi connectivity index (χ2v) is 16.9. The lowest BCUT2D eigenvalue weighted by molar-refractivity contribution is 0.658. The number of hydrogen-bond acceptors (Lipinski definition) is 1. The second-order valence-electron chi connectivity index (χ2n) is 16.9. The van der Waals surface area contributed by atoms with Crippen molar-refractivity contribution in [2.45, 2.75) is 38.5 Å². The SMILES string of the molecule is C=C1C=C2/C(=C\CN(c3c4ccccc4c(-c4cccc5ccccc45)c4ccccc34)c3cc4c(cc31)-c1ccccc1C4(C)C)C(C)(C)c1ccccc12. The third-order valence-electron chi connectivity index (χ3n) is 13.2. The van der Waals surface area contributed by atoms with Crippen molar-refractivity contribution in [1.29, 1.82) is 0 Å². The maximum absolute atomic E-state index is 4.90. The molecule has 8 aromatic rings. The number of rotatable bonds is 2. The fourth-order valence-corrected chi connectivity index (χ4v) is 10.5. The fraction of sp³-hybridized carbons (Fsp3) is 0.127. The maximum Gasteiger partial charge on any atom is 0.0573 e. The molecule has 0 amide bonds. The zero-order chi connectivity index (χ0) is 37.9. The highest BCUT2D eigenvalue weighted by molar-refractivity contribution is 6.24. The Hall–Kier alpha value is -6.44. The highest BCUT2D eigenvalue weighted by atomic mass is 15.1. The number of anilines is 2. The normalized spacial score (nSPS) is 17.2. The highest BCUT2D eigenvalue weighted by Gasteiger charge is 2.40. The number of hydrogen-bond donors (Lipinski definition) is 0. The molecule has 268 valence electrons. The van der Waals surface area contributed by atoms with Crippen molar-refractivity contribution in [1.82, 2.24) is 0 Å². The van der Waals surface area contributed by atoms with Gasteiger partial charge in [0.15, 0.2) is 0 Å². The predicted molar refractivity (Wildman–Crippen MR) is 240 cm³/mol. The zero-order valence-electron chi connectivity index (χ0n) is 32.4. The number of fused-ring (bicyclic) bond motifs is 10. The van der Waals surface area contributed by atoms with Crippen LogP contribution in [0.1, 0.15) is 55.5 Å². The Labute approximate surface area is 329 Å². The van der Waals surface area contributed by atoms with Crippen molar-refractivity contribution in [3.8, 4) is 22.3 Å². The molecular weight excluding hydrogens is 675 g/mol. The molecule has 0 radical (unpaired) electrons. The van der Waals surface area contributed by atoms with Crippen molar-refractivity contribution < 1.29 is 0 Å².